The first kappa shape index (κ1) is 25.2. The van der Waals surface area contributed by atoms with E-state index in [2.05, 4.69) is 26.8 Å². The summed E-state index contributed by atoms with van der Waals surface area (Å²) in [6.07, 6.45) is 13.6. The number of hydrogen-bond acceptors (Lipinski definition) is 5. The van der Waals surface area contributed by atoms with E-state index in [4.69, 9.17) is 0 Å². The van der Waals surface area contributed by atoms with Crippen molar-refractivity contribution in [1.82, 2.24) is 24.9 Å². The molecule has 0 radical (unpaired) electrons. The molecule has 2 amide bonds. The number of anilines is 1. The zero-order valence-corrected chi connectivity index (χ0v) is 20.3. The Morgan fingerprint density at radius 2 is 1.91 bits per heavy atom. The Morgan fingerprint density at radius 1 is 1.21 bits per heavy atom. The first-order chi connectivity index (χ1) is 16.0. The van der Waals surface area contributed by atoms with Crippen molar-refractivity contribution in [3.63, 3.8) is 0 Å². The lowest BCUT2D eigenvalue weighted by Gasteiger charge is -2.37. The Balaban J connectivity index is 1.45. The van der Waals surface area contributed by atoms with Crippen molar-refractivity contribution < 1.29 is 9.59 Å². The van der Waals surface area contributed by atoms with E-state index in [0.717, 1.165) is 56.3 Å². The van der Waals surface area contributed by atoms with Gasteiger partial charge in [0.15, 0.2) is 0 Å². The summed E-state index contributed by atoms with van der Waals surface area (Å²) in [5, 5.41) is 6.96. The first-order valence-electron chi connectivity index (χ1n) is 12.3. The minimum atomic E-state index is -0.0992. The number of nitrogens with one attached hydrogen (secondary N) is 1. The maximum absolute atomic E-state index is 11.5. The quantitative estimate of drug-likeness (QED) is 0.409. The van der Waals surface area contributed by atoms with Gasteiger partial charge in [-0.05, 0) is 37.3 Å². The number of nitrogens with zero attached hydrogens (tertiary/aromatic N) is 5. The summed E-state index contributed by atoms with van der Waals surface area (Å²) in [6.45, 7) is 13.1. The van der Waals surface area contributed by atoms with Gasteiger partial charge < -0.3 is 15.1 Å². The third kappa shape index (κ3) is 7.54. The summed E-state index contributed by atoms with van der Waals surface area (Å²) < 4.78 is 1.75. The van der Waals surface area contributed by atoms with E-state index in [0.29, 0.717) is 12.2 Å². The first-order valence-corrected chi connectivity index (χ1v) is 12.3. The van der Waals surface area contributed by atoms with Gasteiger partial charge in [0, 0.05) is 65.5 Å². The van der Waals surface area contributed by atoms with Crippen LogP contribution < -0.4 is 10.2 Å². The fourth-order valence-corrected chi connectivity index (χ4v) is 4.80. The van der Waals surface area contributed by atoms with Crippen LogP contribution in [0.2, 0.25) is 0 Å². The molecular weight excluding hydrogens is 416 g/mol. The molecule has 1 aliphatic heterocycles. The fraction of sp³-hybridized carbons (Fsp3) is 0.640. The molecule has 0 spiro atoms. The van der Waals surface area contributed by atoms with Crippen LogP contribution in [0.4, 0.5) is 5.69 Å². The van der Waals surface area contributed by atoms with Gasteiger partial charge in [-0.15, -0.1) is 0 Å². The van der Waals surface area contributed by atoms with Gasteiger partial charge >= 0.3 is 0 Å². The second-order valence-electron chi connectivity index (χ2n) is 9.34. The van der Waals surface area contributed by atoms with Crippen LogP contribution in [0.1, 0.15) is 44.2 Å². The molecule has 1 aliphatic carbocycles. The van der Waals surface area contributed by atoms with Crippen LogP contribution in [0, 0.1) is 12.8 Å². The summed E-state index contributed by atoms with van der Waals surface area (Å²) in [7, 11) is 1.59. The lowest BCUT2D eigenvalue weighted by Crippen LogP contribution is -2.48. The van der Waals surface area contributed by atoms with Crippen molar-refractivity contribution >= 4 is 24.2 Å². The van der Waals surface area contributed by atoms with Gasteiger partial charge in [-0.2, -0.15) is 5.10 Å². The summed E-state index contributed by atoms with van der Waals surface area (Å²) in [6, 6.07) is 0. The highest BCUT2D eigenvalue weighted by atomic mass is 16.2. The van der Waals surface area contributed by atoms with Crippen molar-refractivity contribution in [3.8, 4) is 0 Å². The van der Waals surface area contributed by atoms with Gasteiger partial charge in [-0.1, -0.05) is 25.8 Å². The second kappa shape index (κ2) is 12.7. The number of carbonyl (C=O) groups excluding carboxylic acids is 2. The summed E-state index contributed by atoms with van der Waals surface area (Å²) in [5.41, 5.74) is 2.59. The molecular formula is C25H40N6O2. The van der Waals surface area contributed by atoms with Crippen LogP contribution >= 0.6 is 0 Å². The van der Waals surface area contributed by atoms with Gasteiger partial charge in [0.25, 0.3) is 0 Å². The molecule has 33 heavy (non-hydrogen) atoms. The van der Waals surface area contributed by atoms with E-state index in [1.165, 1.54) is 43.5 Å². The van der Waals surface area contributed by atoms with Crippen LogP contribution in [-0.4, -0.2) is 84.8 Å². The highest BCUT2D eigenvalue weighted by molar-refractivity contribution is 5.80. The number of piperazine rings is 1. The molecule has 0 atom stereocenters. The van der Waals surface area contributed by atoms with E-state index in [1.54, 1.807) is 17.9 Å². The molecule has 0 bridgehead atoms. The number of rotatable bonds is 11. The minimum absolute atomic E-state index is 0.0992. The molecule has 1 aromatic rings. The highest BCUT2D eigenvalue weighted by Gasteiger charge is 2.21. The Bertz CT molecular complexity index is 819. The average Bonchev–Trinajstić information content (AvgIpc) is 3.20. The molecule has 3 rings (SSSR count). The number of amides is 2. The van der Waals surface area contributed by atoms with Crippen molar-refractivity contribution in [2.45, 2.75) is 45.4 Å². The Labute approximate surface area is 198 Å². The molecule has 2 aliphatic rings. The van der Waals surface area contributed by atoms with E-state index >= 15 is 0 Å². The predicted molar refractivity (Wildman–Crippen MR) is 133 cm³/mol. The molecule has 1 saturated carbocycles. The molecule has 8 nitrogen and oxygen atoms in total. The predicted octanol–water partition coefficient (Wildman–Crippen LogP) is 2.52. The minimum Gasteiger partial charge on any atom is -0.359 e. The van der Waals surface area contributed by atoms with Gasteiger partial charge in [-0.25, -0.2) is 4.68 Å². The van der Waals surface area contributed by atoms with Crippen LogP contribution in [0.3, 0.4) is 0 Å². The van der Waals surface area contributed by atoms with E-state index < -0.39 is 0 Å². The van der Waals surface area contributed by atoms with Gasteiger partial charge in [-0.3, -0.25) is 14.5 Å². The van der Waals surface area contributed by atoms with E-state index in [1.807, 2.05) is 19.2 Å². The monoisotopic (exact) mass is 456 g/mol. The highest BCUT2D eigenvalue weighted by Crippen LogP contribution is 2.25. The standard InChI is InChI=1S/C25H40N6O2/c1-21(18-28-13-15-29(16-14-28)19-23-7-5-4-6-8-23)9-12-31-22(2)24(17-27-31)30(20-32)11-10-25(33)26-3/h9,12,17,20,23H,1,4-8,10-11,13-16,18-19H2,2-3H3,(H,26,33)/b12-9-. The normalized spacial score (nSPS) is 18.5. The second-order valence-corrected chi connectivity index (χ2v) is 9.34. The maximum Gasteiger partial charge on any atom is 0.221 e. The molecule has 2 fully saturated rings. The van der Waals surface area contributed by atoms with Crippen LogP contribution in [0.15, 0.2) is 24.4 Å². The van der Waals surface area contributed by atoms with Crippen molar-refractivity contribution in [2.24, 2.45) is 5.92 Å². The van der Waals surface area contributed by atoms with Gasteiger partial charge in [0.05, 0.1) is 17.6 Å². The SMILES string of the molecule is C=C(/C=C\n1ncc(N(C=O)CCC(=O)NC)c1C)CN1CCN(CC2CCCCC2)CC1. The third-order valence-corrected chi connectivity index (χ3v) is 6.90. The molecule has 0 aromatic carbocycles. The summed E-state index contributed by atoms with van der Waals surface area (Å²) in [4.78, 5) is 29.6. The Morgan fingerprint density at radius 3 is 2.58 bits per heavy atom. The summed E-state index contributed by atoms with van der Waals surface area (Å²) in [5.74, 6) is 0.808. The van der Waals surface area contributed by atoms with Crippen molar-refractivity contribution in [1.29, 1.82) is 0 Å². The van der Waals surface area contributed by atoms with Crippen LogP contribution in [-0.2, 0) is 9.59 Å². The van der Waals surface area contributed by atoms with E-state index in [-0.39, 0.29) is 12.3 Å². The number of hydrogen-bond donors (Lipinski definition) is 1. The third-order valence-electron chi connectivity index (χ3n) is 6.90. The van der Waals surface area contributed by atoms with Gasteiger partial charge in [0.1, 0.15) is 0 Å². The molecule has 182 valence electrons. The van der Waals surface area contributed by atoms with Crippen molar-refractivity contribution in [3.05, 3.63) is 30.1 Å². The smallest absolute Gasteiger partial charge is 0.221 e. The zero-order valence-electron chi connectivity index (χ0n) is 20.3. The summed E-state index contributed by atoms with van der Waals surface area (Å²) >= 11 is 0. The van der Waals surface area contributed by atoms with E-state index in [9.17, 15) is 9.59 Å². The largest absolute Gasteiger partial charge is 0.359 e. The van der Waals surface area contributed by atoms with Crippen LogP contribution in [0.25, 0.3) is 6.20 Å². The molecule has 1 saturated heterocycles. The van der Waals surface area contributed by atoms with Crippen LogP contribution in [0.5, 0.6) is 0 Å². The molecule has 1 N–H and O–H groups in total. The zero-order chi connectivity index (χ0) is 23.6. The fourth-order valence-electron chi connectivity index (χ4n) is 4.80. The lowest BCUT2D eigenvalue weighted by atomic mass is 9.89. The Hall–Kier alpha value is -2.45. The number of aromatic nitrogens is 2. The molecule has 2 heterocycles. The molecule has 1 aromatic heterocycles. The topological polar surface area (TPSA) is 73.7 Å². The number of carbonyl (C=O) groups is 2. The Kier molecular flexibility index (Phi) is 9.69. The lowest BCUT2D eigenvalue weighted by molar-refractivity contribution is -0.120. The average molecular weight is 457 g/mol. The molecule has 8 heteroatoms. The maximum atomic E-state index is 11.5. The van der Waals surface area contributed by atoms with Gasteiger partial charge in [0.2, 0.25) is 12.3 Å². The van der Waals surface area contributed by atoms with Crippen molar-refractivity contribution in [2.75, 3.05) is 57.8 Å². The molecule has 0 unspecified atom stereocenters.